The van der Waals surface area contributed by atoms with Crippen molar-refractivity contribution in [2.45, 2.75) is 18.7 Å². The summed E-state index contributed by atoms with van der Waals surface area (Å²) in [5.41, 5.74) is -0.476. The number of carbonyl (C=O) groups excluding carboxylic acids is 1. The fourth-order valence-corrected chi connectivity index (χ4v) is 3.31. The largest absolute Gasteiger partial charge is 0.476 e. The second-order valence-electron chi connectivity index (χ2n) is 3.94. The lowest BCUT2D eigenvalue weighted by atomic mass is 10.4. The summed E-state index contributed by atoms with van der Waals surface area (Å²) in [5.74, 6) is -1.95. The molecular weight excluding hydrogens is 288 g/mol. The van der Waals surface area contributed by atoms with Crippen molar-refractivity contribution in [2.75, 3.05) is 20.1 Å². The van der Waals surface area contributed by atoms with Crippen LogP contribution in [0, 0.1) is 6.92 Å². The van der Waals surface area contributed by atoms with Gasteiger partial charge in [-0.1, -0.05) is 6.92 Å². The molecule has 112 valence electrons. The summed E-state index contributed by atoms with van der Waals surface area (Å²) in [5, 5.41) is 17.1. The van der Waals surface area contributed by atoms with Gasteiger partial charge in [0.1, 0.15) is 4.90 Å². The standard InChI is InChI=1S/C10H16N4O5S/c1-4-14(5-7(15)11-3)20(18,19)9-6(2)12-13-8(9)10(16)17/h4-5H2,1-3H3,(H,11,15)(H,12,13)(H,16,17). The van der Waals surface area contributed by atoms with Gasteiger partial charge in [0.15, 0.2) is 5.69 Å². The molecule has 3 N–H and O–H groups in total. The maximum atomic E-state index is 12.4. The summed E-state index contributed by atoms with van der Waals surface area (Å²) in [4.78, 5) is 21.9. The van der Waals surface area contributed by atoms with Gasteiger partial charge in [-0.25, -0.2) is 13.2 Å². The van der Waals surface area contributed by atoms with Gasteiger partial charge in [0.25, 0.3) is 0 Å². The fraction of sp³-hybridized carbons (Fsp3) is 0.500. The third kappa shape index (κ3) is 2.96. The fourth-order valence-electron chi connectivity index (χ4n) is 1.61. The van der Waals surface area contributed by atoms with Gasteiger partial charge in [-0.3, -0.25) is 9.89 Å². The molecular formula is C10H16N4O5S. The quantitative estimate of drug-likeness (QED) is 0.628. The van der Waals surface area contributed by atoms with Crippen molar-refractivity contribution < 1.29 is 23.1 Å². The molecule has 0 aromatic carbocycles. The molecule has 0 bridgehead atoms. The molecule has 1 amide bonds. The molecule has 0 aliphatic carbocycles. The minimum Gasteiger partial charge on any atom is -0.476 e. The number of hydrogen-bond donors (Lipinski definition) is 3. The summed E-state index contributed by atoms with van der Waals surface area (Å²) in [6, 6.07) is 0. The van der Waals surface area contributed by atoms with Crippen molar-refractivity contribution in [3.05, 3.63) is 11.4 Å². The molecule has 1 aromatic rings. The number of sulfonamides is 1. The first-order valence-corrected chi connectivity index (χ1v) is 7.18. The first-order valence-electron chi connectivity index (χ1n) is 5.74. The summed E-state index contributed by atoms with van der Waals surface area (Å²) >= 11 is 0. The van der Waals surface area contributed by atoms with Crippen LogP contribution in [0.3, 0.4) is 0 Å². The Kier molecular flexibility index (Phi) is 4.84. The molecule has 1 aromatic heterocycles. The Balaban J connectivity index is 3.31. The van der Waals surface area contributed by atoms with Gasteiger partial charge in [-0.15, -0.1) is 0 Å². The molecule has 1 heterocycles. The lowest BCUT2D eigenvalue weighted by Gasteiger charge is -2.19. The van der Waals surface area contributed by atoms with Gasteiger partial charge >= 0.3 is 5.97 Å². The number of nitrogens with zero attached hydrogens (tertiary/aromatic N) is 2. The highest BCUT2D eigenvalue weighted by Gasteiger charge is 2.33. The van der Waals surface area contributed by atoms with Crippen molar-refractivity contribution in [1.82, 2.24) is 19.8 Å². The van der Waals surface area contributed by atoms with Crippen LogP contribution in [0.1, 0.15) is 23.1 Å². The lowest BCUT2D eigenvalue weighted by molar-refractivity contribution is -0.120. The molecule has 10 heteroatoms. The monoisotopic (exact) mass is 304 g/mol. The maximum Gasteiger partial charge on any atom is 0.357 e. The number of rotatable bonds is 6. The smallest absolute Gasteiger partial charge is 0.357 e. The van der Waals surface area contributed by atoms with Crippen LogP contribution in [0.4, 0.5) is 0 Å². The third-order valence-corrected chi connectivity index (χ3v) is 4.73. The number of H-pyrrole nitrogens is 1. The maximum absolute atomic E-state index is 12.4. The zero-order valence-electron chi connectivity index (χ0n) is 11.3. The predicted molar refractivity (Wildman–Crippen MR) is 68.8 cm³/mol. The molecule has 20 heavy (non-hydrogen) atoms. The number of aromatic amines is 1. The minimum absolute atomic E-state index is 0.0272. The molecule has 0 saturated heterocycles. The van der Waals surface area contributed by atoms with E-state index in [1.54, 1.807) is 6.92 Å². The number of nitrogens with one attached hydrogen (secondary N) is 2. The number of amides is 1. The van der Waals surface area contributed by atoms with Crippen LogP contribution in [-0.2, 0) is 14.8 Å². The minimum atomic E-state index is -4.12. The van der Waals surface area contributed by atoms with E-state index in [0.29, 0.717) is 0 Å². The number of carboxylic acid groups (broad SMARTS) is 1. The van der Waals surface area contributed by atoms with Crippen LogP contribution in [0.2, 0.25) is 0 Å². The Labute approximate surface area is 116 Å². The molecule has 0 aliphatic heterocycles. The Morgan fingerprint density at radius 2 is 2.05 bits per heavy atom. The summed E-state index contributed by atoms with van der Waals surface area (Å²) in [6.45, 7) is 2.59. The number of aromatic carboxylic acids is 1. The lowest BCUT2D eigenvalue weighted by Crippen LogP contribution is -2.40. The van der Waals surface area contributed by atoms with Crippen LogP contribution in [0.5, 0.6) is 0 Å². The molecule has 9 nitrogen and oxygen atoms in total. The van der Waals surface area contributed by atoms with E-state index < -0.39 is 32.5 Å². The van der Waals surface area contributed by atoms with Gasteiger partial charge in [-0.05, 0) is 6.92 Å². The summed E-state index contributed by atoms with van der Waals surface area (Å²) in [7, 11) is -2.74. The number of aromatic nitrogens is 2. The van der Waals surface area contributed by atoms with Crippen LogP contribution in [-0.4, -0.2) is 60.0 Å². The van der Waals surface area contributed by atoms with Crippen molar-refractivity contribution in [1.29, 1.82) is 0 Å². The van der Waals surface area contributed by atoms with Crippen molar-refractivity contribution in [3.63, 3.8) is 0 Å². The van der Waals surface area contributed by atoms with Gasteiger partial charge in [-0.2, -0.15) is 9.40 Å². The van der Waals surface area contributed by atoms with Crippen molar-refractivity contribution >= 4 is 21.9 Å². The SMILES string of the molecule is CCN(CC(=O)NC)S(=O)(=O)c1c(C(=O)O)n[nH]c1C. The first kappa shape index (κ1) is 16.1. The van der Waals surface area contributed by atoms with E-state index in [4.69, 9.17) is 5.11 Å². The van der Waals surface area contributed by atoms with E-state index in [-0.39, 0.29) is 18.8 Å². The highest BCUT2D eigenvalue weighted by atomic mass is 32.2. The van der Waals surface area contributed by atoms with Crippen LogP contribution < -0.4 is 5.32 Å². The molecule has 1 rings (SSSR count). The number of likely N-dealkylation sites (N-methyl/N-ethyl adjacent to an activating group) is 2. The van der Waals surface area contributed by atoms with Gasteiger partial charge in [0.05, 0.1) is 12.2 Å². The average molecular weight is 304 g/mol. The van der Waals surface area contributed by atoms with E-state index in [2.05, 4.69) is 15.5 Å². The zero-order valence-corrected chi connectivity index (χ0v) is 12.1. The van der Waals surface area contributed by atoms with Crippen LogP contribution in [0.25, 0.3) is 0 Å². The topological polar surface area (TPSA) is 132 Å². The molecule has 0 spiro atoms. The Morgan fingerprint density at radius 1 is 1.45 bits per heavy atom. The van der Waals surface area contributed by atoms with Crippen molar-refractivity contribution in [2.24, 2.45) is 0 Å². The van der Waals surface area contributed by atoms with Gasteiger partial charge in [0.2, 0.25) is 15.9 Å². The molecule has 0 aliphatic rings. The molecule has 0 radical (unpaired) electrons. The Morgan fingerprint density at radius 3 is 2.50 bits per heavy atom. The van der Waals surface area contributed by atoms with Crippen LogP contribution in [0.15, 0.2) is 4.90 Å². The van der Waals surface area contributed by atoms with E-state index in [9.17, 15) is 18.0 Å². The first-order chi connectivity index (χ1) is 9.25. The zero-order chi connectivity index (χ0) is 15.5. The normalized spacial score (nSPS) is 11.6. The van der Waals surface area contributed by atoms with E-state index in [1.807, 2.05) is 0 Å². The highest BCUT2D eigenvalue weighted by Crippen LogP contribution is 2.22. The molecule has 0 unspecified atom stereocenters. The van der Waals surface area contributed by atoms with E-state index in [1.165, 1.54) is 14.0 Å². The Bertz CT molecular complexity index is 622. The third-order valence-electron chi connectivity index (χ3n) is 2.64. The predicted octanol–water partition coefficient (Wildman–Crippen LogP) is -0.827. The summed E-state index contributed by atoms with van der Waals surface area (Å²) in [6.07, 6.45) is 0. The molecule has 0 saturated carbocycles. The average Bonchev–Trinajstić information content (AvgIpc) is 2.78. The number of aryl methyl sites for hydroxylation is 1. The number of hydrogen-bond acceptors (Lipinski definition) is 5. The van der Waals surface area contributed by atoms with Gasteiger partial charge in [0, 0.05) is 13.6 Å². The van der Waals surface area contributed by atoms with Gasteiger partial charge < -0.3 is 10.4 Å². The highest BCUT2D eigenvalue weighted by molar-refractivity contribution is 7.89. The number of carboxylic acids is 1. The Hall–Kier alpha value is -1.94. The second kappa shape index (κ2) is 6.01. The molecule has 0 atom stereocenters. The van der Waals surface area contributed by atoms with Crippen LogP contribution >= 0.6 is 0 Å². The van der Waals surface area contributed by atoms with E-state index in [0.717, 1.165) is 4.31 Å². The molecule has 0 fully saturated rings. The number of carbonyl (C=O) groups is 2. The summed E-state index contributed by atoms with van der Waals surface area (Å²) < 4.78 is 25.8. The van der Waals surface area contributed by atoms with Crippen molar-refractivity contribution in [3.8, 4) is 0 Å². The van der Waals surface area contributed by atoms with E-state index >= 15 is 0 Å². The second-order valence-corrected chi connectivity index (χ2v) is 5.81.